The second-order valence-electron chi connectivity index (χ2n) is 6.30. The van der Waals surface area contributed by atoms with E-state index in [0.29, 0.717) is 17.8 Å². The van der Waals surface area contributed by atoms with E-state index in [1.165, 1.54) is 19.3 Å². The zero-order valence-electron chi connectivity index (χ0n) is 12.2. The van der Waals surface area contributed by atoms with Crippen molar-refractivity contribution in [3.8, 4) is 11.5 Å². The van der Waals surface area contributed by atoms with Crippen LogP contribution in [0.1, 0.15) is 55.3 Å². The maximum absolute atomic E-state index is 13.0. The predicted octanol–water partition coefficient (Wildman–Crippen LogP) is 3.35. The largest absolute Gasteiger partial charge is 0.454 e. The van der Waals surface area contributed by atoms with Crippen LogP contribution in [0.5, 0.6) is 11.5 Å². The first-order valence-corrected chi connectivity index (χ1v) is 8.05. The molecule has 2 aliphatic carbocycles. The van der Waals surface area contributed by atoms with Gasteiger partial charge in [-0.3, -0.25) is 4.79 Å². The molecule has 1 aliphatic heterocycles. The van der Waals surface area contributed by atoms with E-state index >= 15 is 0 Å². The molecule has 4 heteroatoms. The van der Waals surface area contributed by atoms with E-state index in [1.54, 1.807) is 0 Å². The highest BCUT2D eigenvalue weighted by atomic mass is 16.7. The molecular weight excluding hydrogens is 266 g/mol. The summed E-state index contributed by atoms with van der Waals surface area (Å²) in [6, 6.07) is 6.45. The number of hydrogen-bond donors (Lipinski definition) is 0. The summed E-state index contributed by atoms with van der Waals surface area (Å²) in [6.45, 7) is 0.252. The van der Waals surface area contributed by atoms with Gasteiger partial charge in [-0.25, -0.2) is 0 Å². The van der Waals surface area contributed by atoms with Crippen LogP contribution in [0.4, 0.5) is 0 Å². The summed E-state index contributed by atoms with van der Waals surface area (Å²) in [4.78, 5) is 15.1. The molecule has 1 aromatic carbocycles. The van der Waals surface area contributed by atoms with Crippen molar-refractivity contribution in [2.75, 3.05) is 6.79 Å². The van der Waals surface area contributed by atoms with Gasteiger partial charge in [0, 0.05) is 17.6 Å². The third kappa shape index (κ3) is 2.47. The third-order valence-corrected chi connectivity index (χ3v) is 4.76. The van der Waals surface area contributed by atoms with E-state index < -0.39 is 0 Å². The number of amides is 1. The van der Waals surface area contributed by atoms with E-state index in [0.717, 1.165) is 37.0 Å². The van der Waals surface area contributed by atoms with Gasteiger partial charge in [0.25, 0.3) is 5.91 Å². The van der Waals surface area contributed by atoms with E-state index in [1.807, 2.05) is 18.2 Å². The standard InChI is InChI=1S/C17H21NO3/c19-17(12-6-9-15-16(10-12)21-11-20-15)18(14-7-8-14)13-4-2-1-3-5-13/h6,9-10,13-14H,1-5,7-8,11H2. The minimum Gasteiger partial charge on any atom is -0.454 e. The SMILES string of the molecule is O=C(c1ccc2c(c1)OCO2)N(C1CCCCC1)C1CC1. The van der Waals surface area contributed by atoms with Crippen molar-refractivity contribution in [1.82, 2.24) is 4.90 Å². The van der Waals surface area contributed by atoms with Gasteiger partial charge >= 0.3 is 0 Å². The Morgan fingerprint density at radius 2 is 1.67 bits per heavy atom. The van der Waals surface area contributed by atoms with Crippen LogP contribution in [0.2, 0.25) is 0 Å². The molecule has 2 saturated carbocycles. The summed E-state index contributed by atoms with van der Waals surface area (Å²) in [5, 5.41) is 0. The molecule has 3 aliphatic rings. The van der Waals surface area contributed by atoms with Gasteiger partial charge in [0.2, 0.25) is 6.79 Å². The molecule has 2 fully saturated rings. The molecule has 0 N–H and O–H groups in total. The van der Waals surface area contributed by atoms with Gasteiger partial charge in [-0.15, -0.1) is 0 Å². The van der Waals surface area contributed by atoms with Crippen LogP contribution in [0.15, 0.2) is 18.2 Å². The topological polar surface area (TPSA) is 38.8 Å². The fraction of sp³-hybridized carbons (Fsp3) is 0.588. The highest BCUT2D eigenvalue weighted by Crippen LogP contribution is 2.37. The molecule has 21 heavy (non-hydrogen) atoms. The lowest BCUT2D eigenvalue weighted by atomic mass is 9.93. The number of benzene rings is 1. The van der Waals surface area contributed by atoms with Crippen molar-refractivity contribution in [2.24, 2.45) is 0 Å². The van der Waals surface area contributed by atoms with E-state index in [9.17, 15) is 4.79 Å². The smallest absolute Gasteiger partial charge is 0.254 e. The average Bonchev–Trinajstić information content (AvgIpc) is 3.24. The number of nitrogens with zero attached hydrogens (tertiary/aromatic N) is 1. The van der Waals surface area contributed by atoms with Crippen LogP contribution in [0.3, 0.4) is 0 Å². The Labute approximate surface area is 125 Å². The van der Waals surface area contributed by atoms with Crippen LogP contribution < -0.4 is 9.47 Å². The van der Waals surface area contributed by atoms with Gasteiger partial charge in [-0.1, -0.05) is 19.3 Å². The first-order valence-electron chi connectivity index (χ1n) is 8.05. The fourth-order valence-corrected chi connectivity index (χ4v) is 3.52. The summed E-state index contributed by atoms with van der Waals surface area (Å²) in [5.74, 6) is 1.60. The first-order chi connectivity index (χ1) is 10.3. The number of rotatable bonds is 3. The molecule has 112 valence electrons. The van der Waals surface area contributed by atoms with Gasteiger partial charge < -0.3 is 14.4 Å². The molecule has 0 radical (unpaired) electrons. The minimum atomic E-state index is 0.169. The molecule has 0 saturated heterocycles. The second-order valence-corrected chi connectivity index (χ2v) is 6.30. The van der Waals surface area contributed by atoms with Crippen molar-refractivity contribution in [3.63, 3.8) is 0 Å². The molecule has 0 unspecified atom stereocenters. The monoisotopic (exact) mass is 287 g/mol. The van der Waals surface area contributed by atoms with Crippen molar-refractivity contribution >= 4 is 5.91 Å². The van der Waals surface area contributed by atoms with Gasteiger partial charge in [-0.2, -0.15) is 0 Å². The molecular formula is C17H21NO3. The number of carbonyl (C=O) groups is 1. The molecule has 0 atom stereocenters. The predicted molar refractivity (Wildman–Crippen MR) is 78.6 cm³/mol. The zero-order chi connectivity index (χ0) is 14.2. The summed E-state index contributed by atoms with van der Waals surface area (Å²) < 4.78 is 10.7. The fourth-order valence-electron chi connectivity index (χ4n) is 3.52. The van der Waals surface area contributed by atoms with Crippen LogP contribution in [-0.2, 0) is 0 Å². The Morgan fingerprint density at radius 1 is 0.952 bits per heavy atom. The van der Waals surface area contributed by atoms with Crippen LogP contribution >= 0.6 is 0 Å². The second kappa shape index (κ2) is 5.24. The summed E-state index contributed by atoms with van der Waals surface area (Å²) in [6.07, 6.45) is 8.46. The van der Waals surface area contributed by atoms with Crippen molar-refractivity contribution in [3.05, 3.63) is 23.8 Å². The number of ether oxygens (including phenoxy) is 2. The van der Waals surface area contributed by atoms with Crippen molar-refractivity contribution < 1.29 is 14.3 Å². The molecule has 0 bridgehead atoms. The molecule has 4 nitrogen and oxygen atoms in total. The maximum Gasteiger partial charge on any atom is 0.254 e. The molecule has 0 spiro atoms. The Kier molecular flexibility index (Phi) is 3.24. The van der Waals surface area contributed by atoms with Crippen LogP contribution in [0, 0.1) is 0 Å². The highest BCUT2D eigenvalue weighted by molar-refractivity contribution is 5.95. The van der Waals surface area contributed by atoms with Gasteiger partial charge in [-0.05, 0) is 43.9 Å². The van der Waals surface area contributed by atoms with E-state index in [2.05, 4.69) is 4.90 Å². The van der Waals surface area contributed by atoms with Crippen molar-refractivity contribution in [2.45, 2.75) is 57.0 Å². The van der Waals surface area contributed by atoms with Crippen molar-refractivity contribution in [1.29, 1.82) is 0 Å². The number of hydrogen-bond acceptors (Lipinski definition) is 3. The molecule has 1 heterocycles. The third-order valence-electron chi connectivity index (χ3n) is 4.76. The Morgan fingerprint density at radius 3 is 2.43 bits per heavy atom. The first kappa shape index (κ1) is 13.0. The van der Waals surface area contributed by atoms with E-state index in [-0.39, 0.29) is 12.7 Å². The quantitative estimate of drug-likeness (QED) is 0.855. The van der Waals surface area contributed by atoms with Gasteiger partial charge in [0.05, 0.1) is 0 Å². The highest BCUT2D eigenvalue weighted by Gasteiger charge is 2.38. The number of carbonyl (C=O) groups excluding carboxylic acids is 1. The molecule has 4 rings (SSSR count). The van der Waals surface area contributed by atoms with Crippen LogP contribution in [-0.4, -0.2) is 29.7 Å². The Balaban J connectivity index is 1.58. The van der Waals surface area contributed by atoms with Gasteiger partial charge in [0.15, 0.2) is 11.5 Å². The lowest BCUT2D eigenvalue weighted by Crippen LogP contribution is -2.43. The maximum atomic E-state index is 13.0. The minimum absolute atomic E-state index is 0.169. The zero-order valence-corrected chi connectivity index (χ0v) is 12.2. The molecule has 1 amide bonds. The lowest BCUT2D eigenvalue weighted by molar-refractivity contribution is 0.0613. The van der Waals surface area contributed by atoms with E-state index in [4.69, 9.17) is 9.47 Å². The Bertz CT molecular complexity index is 547. The summed E-state index contributed by atoms with van der Waals surface area (Å²) in [5.41, 5.74) is 0.733. The van der Waals surface area contributed by atoms with Gasteiger partial charge in [0.1, 0.15) is 0 Å². The lowest BCUT2D eigenvalue weighted by Gasteiger charge is -2.34. The summed E-state index contributed by atoms with van der Waals surface area (Å²) in [7, 11) is 0. The molecule has 1 aromatic rings. The molecule has 0 aromatic heterocycles. The average molecular weight is 287 g/mol. The van der Waals surface area contributed by atoms with Crippen LogP contribution in [0.25, 0.3) is 0 Å². The Hall–Kier alpha value is -1.71. The summed E-state index contributed by atoms with van der Waals surface area (Å²) >= 11 is 0. The number of fused-ring (bicyclic) bond motifs is 1. The normalized spacial score (nSPS) is 21.3.